The lowest BCUT2D eigenvalue weighted by atomic mass is 10.1. The zero-order valence-electron chi connectivity index (χ0n) is 15.5. The van der Waals surface area contributed by atoms with Crippen LogP contribution in [-0.4, -0.2) is 65.5 Å². The highest BCUT2D eigenvalue weighted by Gasteiger charge is 2.29. The van der Waals surface area contributed by atoms with E-state index >= 15 is 0 Å². The minimum atomic E-state index is -0.952. The van der Waals surface area contributed by atoms with Crippen LogP contribution in [0.25, 0.3) is 0 Å². The largest absolute Gasteiger partial charge is 0.481 e. The van der Waals surface area contributed by atoms with Crippen LogP contribution in [0.5, 0.6) is 0 Å². The molecule has 26 heavy (non-hydrogen) atoms. The lowest BCUT2D eigenvalue weighted by Crippen LogP contribution is -2.49. The van der Waals surface area contributed by atoms with Crippen molar-refractivity contribution in [3.05, 3.63) is 35.4 Å². The quantitative estimate of drug-likeness (QED) is 0.831. The van der Waals surface area contributed by atoms with Gasteiger partial charge in [0.1, 0.15) is 0 Å². The fourth-order valence-electron chi connectivity index (χ4n) is 3.00. The van der Waals surface area contributed by atoms with Gasteiger partial charge in [0.05, 0.1) is 25.7 Å². The Balaban J connectivity index is 2.05. The molecule has 0 spiro atoms. The summed E-state index contributed by atoms with van der Waals surface area (Å²) in [5.74, 6) is -1.15. The summed E-state index contributed by atoms with van der Waals surface area (Å²) in [4.78, 5) is 38.9. The van der Waals surface area contributed by atoms with Crippen molar-refractivity contribution < 1.29 is 24.2 Å². The number of benzene rings is 1. The molecule has 1 aromatic carbocycles. The van der Waals surface area contributed by atoms with Gasteiger partial charge < -0.3 is 19.6 Å². The van der Waals surface area contributed by atoms with Crippen LogP contribution in [-0.2, 0) is 20.9 Å². The lowest BCUT2D eigenvalue weighted by Gasteiger charge is -2.35. The van der Waals surface area contributed by atoms with Crippen molar-refractivity contribution in [1.29, 1.82) is 0 Å². The highest BCUT2D eigenvalue weighted by atomic mass is 16.5. The van der Waals surface area contributed by atoms with E-state index in [0.717, 1.165) is 5.56 Å². The van der Waals surface area contributed by atoms with E-state index in [1.54, 1.807) is 29.0 Å². The van der Waals surface area contributed by atoms with Gasteiger partial charge in [-0.1, -0.05) is 26.0 Å². The maximum atomic E-state index is 12.7. The summed E-state index contributed by atoms with van der Waals surface area (Å²) in [6.45, 7) is 5.21. The maximum absolute atomic E-state index is 12.7. The van der Waals surface area contributed by atoms with Gasteiger partial charge in [-0.25, -0.2) is 0 Å². The van der Waals surface area contributed by atoms with Gasteiger partial charge in [0, 0.05) is 31.6 Å². The number of nitrogens with zero attached hydrogens (tertiary/aromatic N) is 2. The molecule has 0 saturated carbocycles. The predicted molar refractivity (Wildman–Crippen MR) is 95.7 cm³/mol. The highest BCUT2D eigenvalue weighted by Crippen LogP contribution is 2.16. The van der Waals surface area contributed by atoms with Crippen LogP contribution in [0, 0.1) is 5.92 Å². The topological polar surface area (TPSA) is 87.2 Å². The van der Waals surface area contributed by atoms with Crippen molar-refractivity contribution in [1.82, 2.24) is 9.80 Å². The van der Waals surface area contributed by atoms with Crippen molar-refractivity contribution in [2.24, 2.45) is 5.92 Å². The summed E-state index contributed by atoms with van der Waals surface area (Å²) in [6, 6.07) is 6.63. The minimum absolute atomic E-state index is 0.0617. The van der Waals surface area contributed by atoms with Crippen molar-refractivity contribution in [2.45, 2.75) is 32.9 Å². The molecule has 142 valence electrons. The first kappa shape index (κ1) is 19.9. The van der Waals surface area contributed by atoms with Crippen LogP contribution >= 0.6 is 0 Å². The molecule has 0 aliphatic carbocycles. The fourth-order valence-corrected chi connectivity index (χ4v) is 3.00. The number of carboxylic acid groups (broad SMARTS) is 1. The third-order valence-corrected chi connectivity index (χ3v) is 4.39. The molecule has 1 heterocycles. The Labute approximate surface area is 153 Å². The minimum Gasteiger partial charge on any atom is -0.481 e. The molecule has 1 atom stereocenters. The zero-order valence-corrected chi connectivity index (χ0v) is 15.5. The number of rotatable bonds is 6. The van der Waals surface area contributed by atoms with Gasteiger partial charge >= 0.3 is 5.97 Å². The molecule has 2 amide bonds. The van der Waals surface area contributed by atoms with Crippen molar-refractivity contribution in [3.8, 4) is 0 Å². The molecule has 1 aliphatic heterocycles. The molecule has 7 heteroatoms. The van der Waals surface area contributed by atoms with Crippen LogP contribution in [0.4, 0.5) is 0 Å². The fraction of sp³-hybridized carbons (Fsp3) is 0.526. The number of ether oxygens (including phenoxy) is 1. The molecule has 0 aromatic heterocycles. The van der Waals surface area contributed by atoms with Gasteiger partial charge in [0.2, 0.25) is 5.91 Å². The third kappa shape index (κ3) is 5.05. The van der Waals surface area contributed by atoms with Gasteiger partial charge in [-0.3, -0.25) is 14.4 Å². The average molecular weight is 362 g/mol. The van der Waals surface area contributed by atoms with E-state index < -0.39 is 12.0 Å². The summed E-state index contributed by atoms with van der Waals surface area (Å²) in [6.07, 6.45) is -0.133. The summed E-state index contributed by atoms with van der Waals surface area (Å²) in [5.41, 5.74) is 1.44. The van der Waals surface area contributed by atoms with Gasteiger partial charge in [-0.2, -0.15) is 0 Å². The number of carbonyl (C=O) groups excluding carboxylic acids is 2. The molecule has 7 nitrogen and oxygen atoms in total. The number of aliphatic carboxylic acids is 1. The van der Waals surface area contributed by atoms with E-state index in [4.69, 9.17) is 9.84 Å². The molecule has 0 bridgehead atoms. The Morgan fingerprint density at radius 3 is 2.50 bits per heavy atom. The number of carbonyl (C=O) groups is 3. The second-order valence-electron chi connectivity index (χ2n) is 6.87. The first-order valence-corrected chi connectivity index (χ1v) is 8.74. The molecule has 0 radical (unpaired) electrons. The highest BCUT2D eigenvalue weighted by molar-refractivity contribution is 5.94. The number of hydrogen-bond acceptors (Lipinski definition) is 4. The summed E-state index contributed by atoms with van der Waals surface area (Å²) < 4.78 is 5.31. The van der Waals surface area contributed by atoms with E-state index in [1.165, 1.54) is 0 Å². The molecule has 1 aromatic rings. The first-order chi connectivity index (χ1) is 12.3. The average Bonchev–Trinajstić information content (AvgIpc) is 2.61. The summed E-state index contributed by atoms with van der Waals surface area (Å²) in [5, 5.41) is 9.01. The molecule has 2 rings (SSSR count). The Bertz CT molecular complexity index is 656. The Hall–Kier alpha value is -2.41. The number of carboxylic acids is 1. The van der Waals surface area contributed by atoms with Crippen LogP contribution in [0.3, 0.4) is 0 Å². The zero-order chi connectivity index (χ0) is 19.3. The van der Waals surface area contributed by atoms with E-state index in [-0.39, 0.29) is 30.8 Å². The number of morpholine rings is 1. The molecule has 1 unspecified atom stereocenters. The van der Waals surface area contributed by atoms with Gasteiger partial charge in [-0.05, 0) is 17.7 Å². The molecule has 1 fully saturated rings. The van der Waals surface area contributed by atoms with Crippen LogP contribution in [0.2, 0.25) is 0 Å². The predicted octanol–water partition coefficient (Wildman–Crippen LogP) is 1.62. The summed E-state index contributed by atoms with van der Waals surface area (Å²) in [7, 11) is 1.76. The van der Waals surface area contributed by atoms with Gasteiger partial charge in [-0.15, -0.1) is 0 Å². The Morgan fingerprint density at radius 2 is 1.92 bits per heavy atom. The monoisotopic (exact) mass is 362 g/mol. The van der Waals surface area contributed by atoms with E-state index in [1.807, 2.05) is 26.0 Å². The molecular weight excluding hydrogens is 336 g/mol. The molecule has 1 saturated heterocycles. The standard InChI is InChI=1S/C19H26N2O5/c1-13(2)18(24)20(3)11-14-4-6-15(7-5-14)19(25)21-8-9-26-12-16(21)10-17(22)23/h4-7,13,16H,8-12H2,1-3H3,(H,22,23). The normalized spacial score (nSPS) is 17.2. The van der Waals surface area contributed by atoms with Gasteiger partial charge in [0.25, 0.3) is 5.91 Å². The SMILES string of the molecule is CC(C)C(=O)N(C)Cc1ccc(C(=O)N2CCOCC2CC(=O)O)cc1. The molecule has 1 aliphatic rings. The van der Waals surface area contributed by atoms with Crippen molar-refractivity contribution in [3.63, 3.8) is 0 Å². The molecule has 1 N–H and O–H groups in total. The lowest BCUT2D eigenvalue weighted by molar-refractivity contribution is -0.139. The third-order valence-electron chi connectivity index (χ3n) is 4.39. The van der Waals surface area contributed by atoms with E-state index in [2.05, 4.69) is 0 Å². The van der Waals surface area contributed by atoms with Crippen molar-refractivity contribution >= 4 is 17.8 Å². The smallest absolute Gasteiger partial charge is 0.305 e. The Kier molecular flexibility index (Phi) is 6.74. The number of amides is 2. The number of hydrogen-bond donors (Lipinski definition) is 1. The van der Waals surface area contributed by atoms with E-state index in [9.17, 15) is 14.4 Å². The van der Waals surface area contributed by atoms with Crippen LogP contribution in [0.1, 0.15) is 36.2 Å². The van der Waals surface area contributed by atoms with Crippen molar-refractivity contribution in [2.75, 3.05) is 26.8 Å². The maximum Gasteiger partial charge on any atom is 0.305 e. The van der Waals surface area contributed by atoms with Gasteiger partial charge in [0.15, 0.2) is 0 Å². The van der Waals surface area contributed by atoms with Crippen LogP contribution in [0.15, 0.2) is 24.3 Å². The molecular formula is C19H26N2O5. The second-order valence-corrected chi connectivity index (χ2v) is 6.87. The van der Waals surface area contributed by atoms with Crippen LogP contribution < -0.4 is 0 Å². The Morgan fingerprint density at radius 1 is 1.27 bits per heavy atom. The summed E-state index contributed by atoms with van der Waals surface area (Å²) >= 11 is 0. The van der Waals surface area contributed by atoms with E-state index in [0.29, 0.717) is 25.3 Å². The first-order valence-electron chi connectivity index (χ1n) is 8.74. The second kappa shape index (κ2) is 8.80.